The van der Waals surface area contributed by atoms with Crippen molar-refractivity contribution in [2.75, 3.05) is 19.4 Å². The average molecular weight is 628 g/mol. The van der Waals surface area contributed by atoms with E-state index in [-0.39, 0.29) is 27.7 Å². The summed E-state index contributed by atoms with van der Waals surface area (Å²) < 4.78 is 46.6. The number of aliphatic hydroxyl groups is 1. The molecule has 0 spiro atoms. The summed E-state index contributed by atoms with van der Waals surface area (Å²) in [5.41, 5.74) is 1.24. The molecular formula is C30H29ClF3N7O3. The van der Waals surface area contributed by atoms with E-state index < -0.39 is 23.9 Å². The zero-order valence-electron chi connectivity index (χ0n) is 24.2. The van der Waals surface area contributed by atoms with Crippen LogP contribution in [0.25, 0.3) is 22.6 Å². The number of halogens is 4. The summed E-state index contributed by atoms with van der Waals surface area (Å²) in [7, 11) is 4.92. The normalized spacial score (nSPS) is 13.1. The number of hydrogen-bond acceptors (Lipinski definition) is 7. The summed E-state index contributed by atoms with van der Waals surface area (Å²) in [4.78, 5) is 28.2. The first-order valence-corrected chi connectivity index (χ1v) is 13.3. The third-order valence-electron chi connectivity index (χ3n) is 6.38. The molecule has 0 aliphatic carbocycles. The Labute approximate surface area is 255 Å². The third kappa shape index (κ3) is 7.18. The van der Waals surface area contributed by atoms with Crippen LogP contribution >= 0.6 is 11.6 Å². The van der Waals surface area contributed by atoms with E-state index in [0.29, 0.717) is 34.9 Å². The number of fused-ring (bicyclic) bond motifs is 1. The molecule has 10 nitrogen and oxygen atoms in total. The van der Waals surface area contributed by atoms with Gasteiger partial charge in [0.25, 0.3) is 5.91 Å². The number of alkyl halides is 3. The highest BCUT2D eigenvalue weighted by molar-refractivity contribution is 6.29. The van der Waals surface area contributed by atoms with Crippen molar-refractivity contribution in [3.05, 3.63) is 95.6 Å². The van der Waals surface area contributed by atoms with Crippen molar-refractivity contribution in [3.8, 4) is 23.0 Å². The van der Waals surface area contributed by atoms with Crippen LogP contribution in [0.15, 0.2) is 89.9 Å². The second-order valence-corrected chi connectivity index (χ2v) is 10.4. The number of pyridine rings is 1. The lowest BCUT2D eigenvalue weighted by atomic mass is 10.0. The summed E-state index contributed by atoms with van der Waals surface area (Å²) in [6.07, 6.45) is -0.623. The lowest BCUT2D eigenvalue weighted by molar-refractivity contribution is -0.140. The standard InChI is InChI=1S/C30H29ClF3N7O3/c1-16(7-9-21(18(3)31)26(42)17(2)28(43)40(4)5)37-29-38-22-13-19(8-10-24(22)41(29)6)44-20-11-12-35-23(14-20)27-36-15-25(39-27)30(32,33)34/h7-15,26,42H,1-2H2,3-6H3,(H,36,39)(H,37,38)/b9-7-,21-18-. The van der Waals surface area contributed by atoms with Gasteiger partial charge in [0.2, 0.25) is 5.95 Å². The van der Waals surface area contributed by atoms with Gasteiger partial charge in [-0.3, -0.25) is 9.78 Å². The van der Waals surface area contributed by atoms with Crippen molar-refractivity contribution in [3.63, 3.8) is 0 Å². The van der Waals surface area contributed by atoms with Crippen LogP contribution in [0.5, 0.6) is 11.5 Å². The summed E-state index contributed by atoms with van der Waals surface area (Å²) in [5, 5.41) is 14.1. The number of aliphatic hydroxyl groups excluding tert-OH is 1. The average Bonchev–Trinajstić information content (AvgIpc) is 3.57. The Morgan fingerprint density at radius 3 is 2.52 bits per heavy atom. The number of aromatic nitrogens is 5. The van der Waals surface area contributed by atoms with Crippen LogP contribution in [0.2, 0.25) is 0 Å². The molecule has 4 rings (SSSR count). The number of imidazole rings is 2. The van der Waals surface area contributed by atoms with Gasteiger partial charge in [-0.15, -0.1) is 0 Å². The molecule has 0 saturated heterocycles. The van der Waals surface area contributed by atoms with E-state index in [1.165, 1.54) is 17.2 Å². The maximum absolute atomic E-state index is 12.9. The number of anilines is 1. The third-order valence-corrected chi connectivity index (χ3v) is 6.60. The highest BCUT2D eigenvalue weighted by atomic mass is 35.5. The second kappa shape index (κ2) is 12.8. The van der Waals surface area contributed by atoms with E-state index in [2.05, 4.69) is 38.4 Å². The quantitative estimate of drug-likeness (QED) is 0.142. The molecule has 1 amide bonds. The fraction of sp³-hybridized carbons (Fsp3) is 0.200. The Morgan fingerprint density at radius 1 is 1.18 bits per heavy atom. The molecule has 14 heteroatoms. The topological polar surface area (TPSA) is 121 Å². The van der Waals surface area contributed by atoms with Crippen LogP contribution < -0.4 is 10.1 Å². The maximum Gasteiger partial charge on any atom is 0.432 e. The van der Waals surface area contributed by atoms with Gasteiger partial charge in [0.15, 0.2) is 5.82 Å². The number of allylic oxidation sites excluding steroid dienone is 2. The molecule has 1 atom stereocenters. The number of nitrogens with zero attached hydrogens (tertiary/aromatic N) is 5. The highest BCUT2D eigenvalue weighted by Gasteiger charge is 2.33. The molecule has 0 radical (unpaired) electrons. The number of carbonyl (C=O) groups excluding carboxylic acids is 1. The van der Waals surface area contributed by atoms with Crippen LogP contribution in [-0.4, -0.2) is 60.6 Å². The predicted octanol–water partition coefficient (Wildman–Crippen LogP) is 6.17. The first kappa shape index (κ1) is 32.0. The largest absolute Gasteiger partial charge is 0.457 e. The maximum atomic E-state index is 12.9. The molecule has 0 aliphatic heterocycles. The second-order valence-electron chi connectivity index (χ2n) is 9.87. The molecule has 0 aliphatic rings. The van der Waals surface area contributed by atoms with E-state index in [0.717, 1.165) is 5.52 Å². The number of likely N-dealkylation sites (N-methyl/N-ethyl adjacent to an activating group) is 1. The molecule has 0 saturated carbocycles. The number of hydrogen-bond donors (Lipinski definition) is 3. The number of rotatable bonds is 10. The van der Waals surface area contributed by atoms with E-state index >= 15 is 0 Å². The van der Waals surface area contributed by atoms with Gasteiger partial charge >= 0.3 is 6.18 Å². The van der Waals surface area contributed by atoms with Crippen molar-refractivity contribution in [1.82, 2.24) is 29.4 Å². The molecule has 3 heterocycles. The van der Waals surface area contributed by atoms with Gasteiger partial charge in [-0.25, -0.2) is 9.97 Å². The minimum atomic E-state index is -4.55. The van der Waals surface area contributed by atoms with Crippen LogP contribution in [0.3, 0.4) is 0 Å². The number of carbonyl (C=O) groups is 1. The molecule has 3 aromatic heterocycles. The summed E-state index contributed by atoms with van der Waals surface area (Å²) in [6.45, 7) is 9.27. The zero-order chi connectivity index (χ0) is 32.3. The van der Waals surface area contributed by atoms with Gasteiger partial charge in [-0.05, 0) is 36.8 Å². The molecule has 0 fully saturated rings. The molecule has 230 valence electrons. The Kier molecular flexibility index (Phi) is 9.30. The van der Waals surface area contributed by atoms with Crippen LogP contribution in [0, 0.1) is 0 Å². The molecular weight excluding hydrogens is 599 g/mol. The fourth-order valence-corrected chi connectivity index (χ4v) is 4.22. The van der Waals surface area contributed by atoms with E-state index in [1.807, 2.05) is 0 Å². The summed E-state index contributed by atoms with van der Waals surface area (Å²) in [5.74, 6) is 0.753. The van der Waals surface area contributed by atoms with E-state index in [1.54, 1.807) is 69.1 Å². The van der Waals surface area contributed by atoms with Crippen LogP contribution in [0.4, 0.5) is 19.1 Å². The predicted molar refractivity (Wildman–Crippen MR) is 162 cm³/mol. The fourth-order valence-electron chi connectivity index (χ4n) is 4.05. The minimum absolute atomic E-state index is 0.0267. The SMILES string of the molecule is C=C(/C=C\C(=C(/C)Cl)C(O)C(=C)C(=O)N(C)C)Nc1nc2cc(Oc3ccnc(-c4ncc(C(F)(F)F)[nH]4)c3)ccc2n1C. The molecule has 4 aromatic rings. The minimum Gasteiger partial charge on any atom is -0.457 e. The van der Waals surface area contributed by atoms with Gasteiger partial charge in [0.1, 0.15) is 29.0 Å². The monoisotopic (exact) mass is 627 g/mol. The Hall–Kier alpha value is -4.88. The molecule has 1 unspecified atom stereocenters. The number of benzene rings is 1. The molecule has 1 aromatic carbocycles. The number of ether oxygens (including phenoxy) is 1. The van der Waals surface area contributed by atoms with Gasteiger partial charge < -0.3 is 29.6 Å². The van der Waals surface area contributed by atoms with E-state index in [4.69, 9.17) is 16.3 Å². The Balaban J connectivity index is 1.49. The molecule has 44 heavy (non-hydrogen) atoms. The Bertz CT molecular complexity index is 1800. The lowest BCUT2D eigenvalue weighted by Gasteiger charge is -2.19. The number of aromatic amines is 1. The smallest absolute Gasteiger partial charge is 0.432 e. The van der Waals surface area contributed by atoms with E-state index in [9.17, 15) is 23.1 Å². The van der Waals surface area contributed by atoms with Crippen molar-refractivity contribution >= 4 is 34.5 Å². The van der Waals surface area contributed by atoms with Crippen LogP contribution in [0.1, 0.15) is 12.6 Å². The first-order chi connectivity index (χ1) is 20.6. The number of H-pyrrole nitrogens is 1. The number of aryl methyl sites for hydroxylation is 1. The van der Waals surface area contributed by atoms with Crippen molar-refractivity contribution in [1.29, 1.82) is 0 Å². The van der Waals surface area contributed by atoms with Crippen molar-refractivity contribution in [2.45, 2.75) is 19.2 Å². The molecule has 3 N–H and O–H groups in total. The molecule has 0 bridgehead atoms. The van der Waals surface area contributed by atoms with Gasteiger partial charge in [-0.2, -0.15) is 13.2 Å². The number of amides is 1. The summed E-state index contributed by atoms with van der Waals surface area (Å²) >= 11 is 6.19. The number of nitrogens with one attached hydrogen (secondary N) is 2. The van der Waals surface area contributed by atoms with Crippen molar-refractivity contribution in [2.24, 2.45) is 7.05 Å². The van der Waals surface area contributed by atoms with Gasteiger partial charge in [0, 0.05) is 55.8 Å². The lowest BCUT2D eigenvalue weighted by Crippen LogP contribution is -2.29. The van der Waals surface area contributed by atoms with Gasteiger partial charge in [-0.1, -0.05) is 30.8 Å². The van der Waals surface area contributed by atoms with Gasteiger partial charge in [0.05, 0.1) is 17.2 Å². The first-order valence-electron chi connectivity index (χ1n) is 13.0. The van der Waals surface area contributed by atoms with Crippen LogP contribution in [-0.2, 0) is 18.0 Å². The summed E-state index contributed by atoms with van der Waals surface area (Å²) in [6, 6.07) is 8.26. The zero-order valence-corrected chi connectivity index (χ0v) is 25.0. The Morgan fingerprint density at radius 2 is 1.89 bits per heavy atom. The van der Waals surface area contributed by atoms with Crippen molar-refractivity contribution < 1.29 is 27.8 Å². The highest BCUT2D eigenvalue weighted by Crippen LogP contribution is 2.31.